The first kappa shape index (κ1) is 27.6. The Morgan fingerprint density at radius 2 is 2.02 bits per heavy atom. The topological polar surface area (TPSA) is 115 Å². The standard InChI is InChI=1S/C30H26N6O4S3/c1-41-30-34-36-16-20(31-29(36)43-30)27-33-25-21(11-5-12-22(25)40-27)39-17-19-10-6-14-35(19)28(38)24(18-8-3-2-4-9-18)32-26(37)23-13-7-15-42-23/h2-5,7-9,11-13,15-16,19,24H,6,10,14,17H2,1H3,(H,32,37). The van der Waals surface area contributed by atoms with Crippen LogP contribution in [0, 0.1) is 0 Å². The van der Waals surface area contributed by atoms with Gasteiger partial charge in [-0.05, 0) is 48.2 Å². The Hall–Kier alpha value is -4.20. The number of likely N-dealkylation sites (tertiary alicyclic amines) is 1. The number of ether oxygens (including phenoxy) is 1. The van der Waals surface area contributed by atoms with E-state index in [1.165, 1.54) is 22.7 Å². The summed E-state index contributed by atoms with van der Waals surface area (Å²) in [7, 11) is 0. The Bertz CT molecular complexity index is 1870. The number of imidazole rings is 1. The maximum absolute atomic E-state index is 14.0. The van der Waals surface area contributed by atoms with Gasteiger partial charge in [-0.25, -0.2) is 14.5 Å². The van der Waals surface area contributed by atoms with Crippen LogP contribution in [0.3, 0.4) is 0 Å². The zero-order chi connectivity index (χ0) is 29.3. The molecule has 2 unspecified atom stereocenters. The SMILES string of the molecule is CSc1nn2cc(-c3nc4c(OCC5CCCN5C(=O)C(NC(=O)c5cccs5)c5ccccc5)cccc4o3)nc2s1. The molecule has 4 aromatic heterocycles. The van der Waals surface area contributed by atoms with Gasteiger partial charge in [0.1, 0.15) is 24.1 Å². The van der Waals surface area contributed by atoms with Crippen molar-refractivity contribution in [3.63, 3.8) is 0 Å². The molecule has 1 saturated heterocycles. The van der Waals surface area contributed by atoms with Crippen LogP contribution in [-0.4, -0.2) is 61.7 Å². The smallest absolute Gasteiger partial charge is 0.262 e. The van der Waals surface area contributed by atoms with Gasteiger partial charge in [0.05, 0.1) is 17.1 Å². The number of fused-ring (bicyclic) bond motifs is 2. The summed E-state index contributed by atoms with van der Waals surface area (Å²) in [6.07, 6.45) is 5.43. The summed E-state index contributed by atoms with van der Waals surface area (Å²) in [5, 5.41) is 9.30. The number of para-hydroxylation sites is 1. The summed E-state index contributed by atoms with van der Waals surface area (Å²) in [6, 6.07) is 17.5. The summed E-state index contributed by atoms with van der Waals surface area (Å²) in [4.78, 5) is 39.4. The number of thiophene rings is 1. The molecule has 10 nitrogen and oxygen atoms in total. The fraction of sp³-hybridized carbons (Fsp3) is 0.233. The van der Waals surface area contributed by atoms with E-state index >= 15 is 0 Å². The molecule has 2 amide bonds. The van der Waals surface area contributed by atoms with Crippen LogP contribution < -0.4 is 10.1 Å². The average Bonchev–Trinajstić information content (AvgIpc) is 3.86. The molecule has 1 aliphatic rings. The van der Waals surface area contributed by atoms with Crippen LogP contribution in [0.2, 0.25) is 0 Å². The largest absolute Gasteiger partial charge is 0.489 e. The van der Waals surface area contributed by atoms with E-state index in [1.54, 1.807) is 28.5 Å². The number of hydrogen-bond donors (Lipinski definition) is 1. The molecule has 0 radical (unpaired) electrons. The lowest BCUT2D eigenvalue weighted by atomic mass is 10.0. The van der Waals surface area contributed by atoms with Crippen molar-refractivity contribution >= 4 is 62.3 Å². The molecule has 1 fully saturated rings. The van der Waals surface area contributed by atoms with Crippen molar-refractivity contribution in [2.45, 2.75) is 29.3 Å². The molecule has 7 rings (SSSR count). The maximum atomic E-state index is 14.0. The van der Waals surface area contributed by atoms with Crippen molar-refractivity contribution in [1.29, 1.82) is 0 Å². The van der Waals surface area contributed by atoms with E-state index in [0.717, 1.165) is 27.7 Å². The fourth-order valence-corrected chi connectivity index (χ4v) is 7.18. The predicted molar refractivity (Wildman–Crippen MR) is 167 cm³/mol. The van der Waals surface area contributed by atoms with Gasteiger partial charge in [-0.3, -0.25) is 9.59 Å². The molecule has 0 aliphatic carbocycles. The molecule has 218 valence electrons. The predicted octanol–water partition coefficient (Wildman–Crippen LogP) is 5.92. The van der Waals surface area contributed by atoms with Crippen molar-refractivity contribution in [3.05, 3.63) is 82.7 Å². The van der Waals surface area contributed by atoms with Gasteiger partial charge >= 0.3 is 0 Å². The monoisotopic (exact) mass is 630 g/mol. The van der Waals surface area contributed by atoms with Gasteiger partial charge in [-0.1, -0.05) is 65.6 Å². The number of nitrogens with zero attached hydrogens (tertiary/aromatic N) is 5. The third-order valence-corrected chi connectivity index (χ3v) is 10.1. The van der Waals surface area contributed by atoms with E-state index in [9.17, 15) is 9.59 Å². The van der Waals surface area contributed by atoms with Gasteiger partial charge < -0.3 is 19.4 Å². The number of carbonyl (C=O) groups excluding carboxylic acids is 2. The number of rotatable bonds is 9. The first-order chi connectivity index (χ1) is 21.1. The number of nitrogens with one attached hydrogen (secondary N) is 1. The van der Waals surface area contributed by atoms with E-state index in [0.29, 0.717) is 39.9 Å². The number of benzene rings is 2. The second-order valence-corrected chi connectivity index (χ2v) is 12.9. The quantitative estimate of drug-likeness (QED) is 0.196. The minimum absolute atomic E-state index is 0.151. The molecule has 13 heteroatoms. The Balaban J connectivity index is 1.09. The highest BCUT2D eigenvalue weighted by atomic mass is 32.2. The normalized spacial score (nSPS) is 15.7. The number of carbonyl (C=O) groups is 2. The molecule has 0 saturated carbocycles. The van der Waals surface area contributed by atoms with Crippen LogP contribution >= 0.6 is 34.4 Å². The molecule has 6 aromatic rings. The van der Waals surface area contributed by atoms with E-state index in [1.807, 2.05) is 71.1 Å². The Morgan fingerprint density at radius 3 is 2.81 bits per heavy atom. The highest BCUT2D eigenvalue weighted by Crippen LogP contribution is 2.32. The number of oxazole rings is 1. The zero-order valence-corrected chi connectivity index (χ0v) is 25.5. The van der Waals surface area contributed by atoms with Crippen LogP contribution in [0.15, 0.2) is 81.0 Å². The summed E-state index contributed by atoms with van der Waals surface area (Å²) in [5.41, 5.74) is 2.51. The van der Waals surface area contributed by atoms with Gasteiger partial charge in [0.15, 0.2) is 15.4 Å². The van der Waals surface area contributed by atoms with Crippen LogP contribution in [0.4, 0.5) is 0 Å². The number of aromatic nitrogens is 4. The van der Waals surface area contributed by atoms with E-state index in [4.69, 9.17) is 14.1 Å². The van der Waals surface area contributed by atoms with E-state index < -0.39 is 6.04 Å². The zero-order valence-electron chi connectivity index (χ0n) is 23.0. The van der Waals surface area contributed by atoms with Gasteiger partial charge in [-0.2, -0.15) is 0 Å². The molecule has 1 N–H and O–H groups in total. The number of hydrogen-bond acceptors (Lipinski definition) is 10. The first-order valence-electron chi connectivity index (χ1n) is 13.7. The average molecular weight is 631 g/mol. The molecular formula is C30H26N6O4S3. The maximum Gasteiger partial charge on any atom is 0.262 e. The highest BCUT2D eigenvalue weighted by Gasteiger charge is 2.35. The molecule has 2 atom stereocenters. The van der Waals surface area contributed by atoms with Gasteiger partial charge in [0, 0.05) is 6.54 Å². The van der Waals surface area contributed by atoms with Gasteiger partial charge in [-0.15, -0.1) is 16.4 Å². The van der Waals surface area contributed by atoms with Crippen LogP contribution in [0.25, 0.3) is 27.6 Å². The lowest BCUT2D eigenvalue weighted by Crippen LogP contribution is -2.46. The highest BCUT2D eigenvalue weighted by molar-refractivity contribution is 8.00. The van der Waals surface area contributed by atoms with Gasteiger partial charge in [0.25, 0.3) is 5.91 Å². The first-order valence-corrected chi connectivity index (χ1v) is 16.6. The summed E-state index contributed by atoms with van der Waals surface area (Å²) < 4.78 is 15.0. The van der Waals surface area contributed by atoms with Crippen molar-refractivity contribution < 1.29 is 18.7 Å². The van der Waals surface area contributed by atoms with E-state index in [2.05, 4.69) is 15.4 Å². The molecular weight excluding hydrogens is 605 g/mol. The number of amides is 2. The van der Waals surface area contributed by atoms with Gasteiger partial charge in [0.2, 0.25) is 16.8 Å². The van der Waals surface area contributed by atoms with Crippen LogP contribution in [0.1, 0.15) is 34.1 Å². The lowest BCUT2D eigenvalue weighted by Gasteiger charge is -2.29. The molecule has 5 heterocycles. The molecule has 43 heavy (non-hydrogen) atoms. The molecule has 2 aromatic carbocycles. The minimum Gasteiger partial charge on any atom is -0.489 e. The van der Waals surface area contributed by atoms with Crippen LogP contribution in [0.5, 0.6) is 5.75 Å². The molecule has 0 bridgehead atoms. The van der Waals surface area contributed by atoms with Crippen molar-refractivity contribution in [2.24, 2.45) is 0 Å². The lowest BCUT2D eigenvalue weighted by molar-refractivity contribution is -0.134. The third-order valence-electron chi connectivity index (χ3n) is 7.29. The van der Waals surface area contributed by atoms with E-state index in [-0.39, 0.29) is 24.5 Å². The summed E-state index contributed by atoms with van der Waals surface area (Å²) in [6.45, 7) is 0.877. The minimum atomic E-state index is -0.802. The Kier molecular flexibility index (Phi) is 7.59. The van der Waals surface area contributed by atoms with Crippen molar-refractivity contribution in [3.8, 4) is 17.3 Å². The van der Waals surface area contributed by atoms with Crippen molar-refractivity contribution in [2.75, 3.05) is 19.4 Å². The second kappa shape index (κ2) is 11.8. The molecule has 0 spiro atoms. The fourth-order valence-electron chi connectivity index (χ4n) is 5.21. The third kappa shape index (κ3) is 5.51. The summed E-state index contributed by atoms with van der Waals surface area (Å²) in [5.74, 6) is 0.540. The van der Waals surface area contributed by atoms with Crippen molar-refractivity contribution in [1.82, 2.24) is 29.8 Å². The molecule has 1 aliphatic heterocycles. The Labute approximate surface area is 258 Å². The van der Waals surface area contributed by atoms with Crippen LogP contribution in [-0.2, 0) is 4.79 Å². The number of thioether (sulfide) groups is 1. The Morgan fingerprint density at radius 1 is 1.14 bits per heavy atom. The second-order valence-electron chi connectivity index (χ2n) is 9.98. The summed E-state index contributed by atoms with van der Waals surface area (Å²) >= 11 is 4.42.